The van der Waals surface area contributed by atoms with Gasteiger partial charge in [0.1, 0.15) is 5.82 Å². The highest BCUT2D eigenvalue weighted by molar-refractivity contribution is 5.56. The molecular formula is C15H23FN2. The Balaban J connectivity index is 1.99. The molecule has 0 amide bonds. The Labute approximate surface area is 109 Å². The second kappa shape index (κ2) is 5.59. The molecule has 1 aromatic carbocycles. The number of hydrogen-bond donors (Lipinski definition) is 1. The van der Waals surface area contributed by atoms with Crippen molar-refractivity contribution in [1.82, 2.24) is 0 Å². The van der Waals surface area contributed by atoms with Gasteiger partial charge in [0.2, 0.25) is 0 Å². The topological polar surface area (TPSA) is 15.3 Å². The van der Waals surface area contributed by atoms with Gasteiger partial charge >= 0.3 is 0 Å². The van der Waals surface area contributed by atoms with Crippen LogP contribution in [0.4, 0.5) is 15.8 Å². The van der Waals surface area contributed by atoms with E-state index in [0.717, 1.165) is 18.2 Å². The van der Waals surface area contributed by atoms with E-state index in [0.29, 0.717) is 11.7 Å². The van der Waals surface area contributed by atoms with Gasteiger partial charge in [-0.25, -0.2) is 4.39 Å². The Morgan fingerprint density at radius 2 is 2.11 bits per heavy atom. The lowest BCUT2D eigenvalue weighted by Crippen LogP contribution is -2.26. The number of nitrogens with one attached hydrogen (secondary N) is 1. The van der Waals surface area contributed by atoms with Crippen LogP contribution in [0.15, 0.2) is 18.2 Å². The van der Waals surface area contributed by atoms with E-state index < -0.39 is 0 Å². The summed E-state index contributed by atoms with van der Waals surface area (Å²) in [6.07, 6.45) is 3.96. The van der Waals surface area contributed by atoms with Crippen molar-refractivity contribution in [3.8, 4) is 0 Å². The Morgan fingerprint density at radius 1 is 1.39 bits per heavy atom. The summed E-state index contributed by atoms with van der Waals surface area (Å²) < 4.78 is 14.0. The maximum Gasteiger partial charge on any atom is 0.148 e. The van der Waals surface area contributed by atoms with Gasteiger partial charge < -0.3 is 10.2 Å². The molecule has 0 unspecified atom stereocenters. The molecule has 0 aromatic heterocycles. The largest absolute Gasteiger partial charge is 0.385 e. The van der Waals surface area contributed by atoms with Crippen LogP contribution in [0.1, 0.15) is 33.1 Å². The standard InChI is InChI=1S/C15H23FN2/c1-11(2)18(3)15-8-7-13(9-14(15)16)17-10-12-5-4-6-12/h7-9,11-12,17H,4-6,10H2,1-3H3. The monoisotopic (exact) mass is 250 g/mol. The third-order valence-corrected chi connectivity index (χ3v) is 3.92. The van der Waals surface area contributed by atoms with E-state index in [1.165, 1.54) is 19.3 Å². The van der Waals surface area contributed by atoms with Gasteiger partial charge in [0.15, 0.2) is 0 Å². The van der Waals surface area contributed by atoms with Gasteiger partial charge in [-0.15, -0.1) is 0 Å². The minimum absolute atomic E-state index is 0.148. The fourth-order valence-corrected chi connectivity index (χ4v) is 2.14. The third-order valence-electron chi connectivity index (χ3n) is 3.92. The van der Waals surface area contributed by atoms with Crippen molar-refractivity contribution in [2.45, 2.75) is 39.2 Å². The van der Waals surface area contributed by atoms with E-state index in [2.05, 4.69) is 19.2 Å². The number of halogens is 1. The SMILES string of the molecule is CC(C)N(C)c1ccc(NCC2CCC2)cc1F. The van der Waals surface area contributed by atoms with Crippen LogP contribution in [-0.2, 0) is 0 Å². The highest BCUT2D eigenvalue weighted by Crippen LogP contribution is 2.28. The van der Waals surface area contributed by atoms with Crippen molar-refractivity contribution >= 4 is 11.4 Å². The minimum Gasteiger partial charge on any atom is -0.385 e. The maximum atomic E-state index is 14.0. The molecule has 2 rings (SSSR count). The van der Waals surface area contributed by atoms with E-state index in [9.17, 15) is 4.39 Å². The van der Waals surface area contributed by atoms with E-state index in [1.807, 2.05) is 24.1 Å². The molecule has 1 fully saturated rings. The van der Waals surface area contributed by atoms with Gasteiger partial charge in [0.05, 0.1) is 5.69 Å². The molecule has 18 heavy (non-hydrogen) atoms. The van der Waals surface area contributed by atoms with Crippen LogP contribution in [0.5, 0.6) is 0 Å². The molecule has 0 radical (unpaired) electrons. The maximum absolute atomic E-state index is 14.0. The Morgan fingerprint density at radius 3 is 2.61 bits per heavy atom. The first-order valence-electron chi connectivity index (χ1n) is 6.84. The zero-order valence-corrected chi connectivity index (χ0v) is 11.5. The summed E-state index contributed by atoms with van der Waals surface area (Å²) in [6.45, 7) is 5.09. The summed E-state index contributed by atoms with van der Waals surface area (Å²) in [5.74, 6) is 0.635. The van der Waals surface area contributed by atoms with Crippen molar-refractivity contribution in [2.75, 3.05) is 23.8 Å². The highest BCUT2D eigenvalue weighted by Gasteiger charge is 2.17. The molecule has 1 aromatic rings. The molecule has 0 bridgehead atoms. The van der Waals surface area contributed by atoms with E-state index in [-0.39, 0.29) is 5.82 Å². The molecule has 0 atom stereocenters. The average molecular weight is 250 g/mol. The van der Waals surface area contributed by atoms with Crippen LogP contribution in [0, 0.1) is 11.7 Å². The van der Waals surface area contributed by atoms with Crippen molar-refractivity contribution < 1.29 is 4.39 Å². The minimum atomic E-state index is -0.148. The fraction of sp³-hybridized carbons (Fsp3) is 0.600. The first-order valence-corrected chi connectivity index (χ1v) is 6.84. The van der Waals surface area contributed by atoms with Crippen LogP contribution in [-0.4, -0.2) is 19.6 Å². The lowest BCUT2D eigenvalue weighted by Gasteiger charge is -2.27. The van der Waals surface area contributed by atoms with Crippen LogP contribution in [0.2, 0.25) is 0 Å². The van der Waals surface area contributed by atoms with Crippen molar-refractivity contribution in [1.29, 1.82) is 0 Å². The molecule has 2 nitrogen and oxygen atoms in total. The highest BCUT2D eigenvalue weighted by atomic mass is 19.1. The van der Waals surface area contributed by atoms with Gasteiger partial charge in [-0.3, -0.25) is 0 Å². The second-order valence-corrected chi connectivity index (χ2v) is 5.55. The summed E-state index contributed by atoms with van der Waals surface area (Å²) in [7, 11) is 1.92. The third kappa shape index (κ3) is 2.95. The molecule has 0 heterocycles. The lowest BCUT2D eigenvalue weighted by atomic mass is 9.85. The summed E-state index contributed by atoms with van der Waals surface area (Å²) in [5.41, 5.74) is 1.56. The van der Waals surface area contributed by atoms with Crippen molar-refractivity contribution in [3.05, 3.63) is 24.0 Å². The first kappa shape index (κ1) is 13.2. The van der Waals surface area contributed by atoms with Crippen LogP contribution in [0.25, 0.3) is 0 Å². The predicted octanol–water partition coefficient (Wildman–Crippen LogP) is 3.88. The quantitative estimate of drug-likeness (QED) is 0.853. The molecule has 100 valence electrons. The normalized spacial score (nSPS) is 15.6. The Hall–Kier alpha value is -1.25. The number of rotatable bonds is 5. The molecule has 1 aliphatic carbocycles. The van der Waals surface area contributed by atoms with Gasteiger partial charge in [-0.2, -0.15) is 0 Å². The molecule has 1 aliphatic rings. The van der Waals surface area contributed by atoms with Crippen LogP contribution in [0.3, 0.4) is 0 Å². The molecule has 0 spiro atoms. The van der Waals surface area contributed by atoms with Gasteiger partial charge in [0.25, 0.3) is 0 Å². The summed E-state index contributed by atoms with van der Waals surface area (Å²) in [5, 5.41) is 3.32. The molecule has 0 aliphatic heterocycles. The van der Waals surface area contributed by atoms with Gasteiger partial charge in [0, 0.05) is 25.3 Å². The zero-order valence-electron chi connectivity index (χ0n) is 11.5. The molecular weight excluding hydrogens is 227 g/mol. The molecule has 1 N–H and O–H groups in total. The summed E-state index contributed by atoms with van der Waals surface area (Å²) in [4.78, 5) is 1.95. The molecule has 0 saturated heterocycles. The zero-order chi connectivity index (χ0) is 13.1. The number of nitrogens with zero attached hydrogens (tertiary/aromatic N) is 1. The summed E-state index contributed by atoms with van der Waals surface area (Å²) >= 11 is 0. The predicted molar refractivity (Wildman–Crippen MR) is 75.8 cm³/mol. The van der Waals surface area contributed by atoms with Gasteiger partial charge in [-0.05, 0) is 50.8 Å². The Kier molecular flexibility index (Phi) is 4.10. The van der Waals surface area contributed by atoms with Crippen molar-refractivity contribution in [2.24, 2.45) is 5.92 Å². The molecule has 1 saturated carbocycles. The average Bonchev–Trinajstić information content (AvgIpc) is 2.26. The van der Waals surface area contributed by atoms with Gasteiger partial charge in [-0.1, -0.05) is 6.42 Å². The Bertz CT molecular complexity index is 399. The number of benzene rings is 1. The smallest absolute Gasteiger partial charge is 0.148 e. The summed E-state index contributed by atoms with van der Waals surface area (Å²) in [6, 6.07) is 5.73. The number of anilines is 2. The fourth-order valence-electron chi connectivity index (χ4n) is 2.14. The van der Waals surface area contributed by atoms with E-state index in [1.54, 1.807) is 6.07 Å². The van der Waals surface area contributed by atoms with E-state index in [4.69, 9.17) is 0 Å². The van der Waals surface area contributed by atoms with E-state index >= 15 is 0 Å². The number of hydrogen-bond acceptors (Lipinski definition) is 2. The second-order valence-electron chi connectivity index (χ2n) is 5.55. The van der Waals surface area contributed by atoms with Crippen molar-refractivity contribution in [3.63, 3.8) is 0 Å². The van der Waals surface area contributed by atoms with Crippen LogP contribution >= 0.6 is 0 Å². The van der Waals surface area contributed by atoms with Crippen LogP contribution < -0.4 is 10.2 Å². The first-order chi connectivity index (χ1) is 8.58. The lowest BCUT2D eigenvalue weighted by molar-refractivity contribution is 0.333. The molecule has 3 heteroatoms.